The lowest BCUT2D eigenvalue weighted by Crippen LogP contribution is -1.84. The number of nitrogens with zero attached hydrogens (tertiary/aromatic N) is 1. The normalized spacial score (nSPS) is 10.5. The van der Waals surface area contributed by atoms with Gasteiger partial charge in [-0.2, -0.15) is 0 Å². The minimum atomic E-state index is 0.837. The summed E-state index contributed by atoms with van der Waals surface area (Å²) in [6.07, 6.45) is 0. The van der Waals surface area contributed by atoms with Crippen molar-refractivity contribution >= 4 is 11.8 Å². The maximum atomic E-state index is 5.04. The van der Waals surface area contributed by atoms with Crippen LogP contribution in [0.25, 0.3) is 33.9 Å². The summed E-state index contributed by atoms with van der Waals surface area (Å²) in [5, 5.41) is 0. The predicted molar refractivity (Wildman–Crippen MR) is 158 cm³/mol. The van der Waals surface area contributed by atoms with Crippen molar-refractivity contribution in [2.45, 2.75) is 9.79 Å². The molecule has 6 aromatic rings. The molecule has 0 fully saturated rings. The highest BCUT2D eigenvalue weighted by Gasteiger charge is 2.15. The second kappa shape index (κ2) is 11.1. The molecule has 38 heavy (non-hydrogen) atoms. The zero-order valence-electron chi connectivity index (χ0n) is 20.6. The van der Waals surface area contributed by atoms with Crippen LogP contribution in [0.1, 0.15) is 11.1 Å². The molecule has 1 heterocycles. The van der Waals surface area contributed by atoms with Crippen molar-refractivity contribution in [3.8, 4) is 45.7 Å². The molecule has 3 heteroatoms. The highest BCUT2D eigenvalue weighted by atomic mass is 32.2. The number of hydrogen-bond donors (Lipinski definition) is 1. The van der Waals surface area contributed by atoms with Crippen molar-refractivity contribution < 1.29 is 0 Å². The standard InChI is InChI=1S/C35H24N2S/c1-4-10-26(11-5-1)16-17-27-18-20-30(21-19-27)35-36-33(28-12-6-2-7-13-28)34(37-35)29-22-24-32(25-23-29)38-31-14-8-3-9-15-31/h1-15,18-25H,(H,36,37). The van der Waals surface area contributed by atoms with Crippen LogP contribution in [0, 0.1) is 11.8 Å². The van der Waals surface area contributed by atoms with Gasteiger partial charge in [-0.1, -0.05) is 115 Å². The summed E-state index contributed by atoms with van der Waals surface area (Å²) < 4.78 is 0. The molecule has 0 aliphatic carbocycles. The fourth-order valence-corrected chi connectivity index (χ4v) is 5.05. The molecule has 1 N–H and O–H groups in total. The molecule has 0 saturated carbocycles. The van der Waals surface area contributed by atoms with E-state index in [1.165, 1.54) is 9.79 Å². The number of benzene rings is 5. The summed E-state index contributed by atoms with van der Waals surface area (Å²) in [5.74, 6) is 7.31. The molecule has 0 saturated heterocycles. The first-order valence-corrected chi connectivity index (χ1v) is 13.3. The van der Waals surface area contributed by atoms with Crippen LogP contribution in [0.3, 0.4) is 0 Å². The third kappa shape index (κ3) is 5.47. The number of aromatic nitrogens is 2. The van der Waals surface area contributed by atoms with Gasteiger partial charge < -0.3 is 4.98 Å². The van der Waals surface area contributed by atoms with E-state index in [0.29, 0.717) is 0 Å². The van der Waals surface area contributed by atoms with Crippen LogP contribution in [0.5, 0.6) is 0 Å². The van der Waals surface area contributed by atoms with E-state index in [1.807, 2.05) is 66.7 Å². The Balaban J connectivity index is 1.31. The summed E-state index contributed by atoms with van der Waals surface area (Å²) in [6.45, 7) is 0. The van der Waals surface area contributed by atoms with E-state index in [0.717, 1.165) is 45.0 Å². The molecule has 0 atom stereocenters. The van der Waals surface area contributed by atoms with Gasteiger partial charge in [0.25, 0.3) is 0 Å². The molecular weight excluding hydrogens is 480 g/mol. The Morgan fingerprint density at radius 1 is 0.474 bits per heavy atom. The summed E-state index contributed by atoms with van der Waals surface area (Å²) in [6, 6.07) is 47.7. The van der Waals surface area contributed by atoms with E-state index >= 15 is 0 Å². The zero-order valence-corrected chi connectivity index (χ0v) is 21.5. The Kier molecular flexibility index (Phi) is 6.89. The SMILES string of the molecule is C(#Cc1ccc(-c2nc(-c3ccccc3)c(-c3ccc(Sc4ccccc4)cc3)[nH]2)cc1)c1ccccc1. The lowest BCUT2D eigenvalue weighted by molar-refractivity contribution is 1.31. The van der Waals surface area contributed by atoms with Gasteiger partial charge in [-0.15, -0.1) is 0 Å². The van der Waals surface area contributed by atoms with Gasteiger partial charge in [0.15, 0.2) is 0 Å². The summed E-state index contributed by atoms with van der Waals surface area (Å²) in [4.78, 5) is 11.1. The zero-order chi connectivity index (χ0) is 25.6. The fraction of sp³-hybridized carbons (Fsp3) is 0. The number of hydrogen-bond acceptors (Lipinski definition) is 2. The third-order valence-electron chi connectivity index (χ3n) is 6.16. The van der Waals surface area contributed by atoms with Crippen LogP contribution in [-0.2, 0) is 0 Å². The van der Waals surface area contributed by atoms with Crippen molar-refractivity contribution in [1.29, 1.82) is 0 Å². The van der Waals surface area contributed by atoms with E-state index in [9.17, 15) is 0 Å². The second-order valence-electron chi connectivity index (χ2n) is 8.81. The second-order valence-corrected chi connectivity index (χ2v) is 9.95. The van der Waals surface area contributed by atoms with Gasteiger partial charge in [0.2, 0.25) is 0 Å². The summed E-state index contributed by atoms with van der Waals surface area (Å²) in [7, 11) is 0. The Labute approximate surface area is 227 Å². The molecule has 0 amide bonds. The van der Waals surface area contributed by atoms with Crippen LogP contribution in [0.4, 0.5) is 0 Å². The van der Waals surface area contributed by atoms with E-state index in [2.05, 4.69) is 89.6 Å². The van der Waals surface area contributed by atoms with Crippen molar-refractivity contribution in [3.63, 3.8) is 0 Å². The minimum absolute atomic E-state index is 0.837. The van der Waals surface area contributed by atoms with Gasteiger partial charge in [-0.3, -0.25) is 0 Å². The van der Waals surface area contributed by atoms with Crippen molar-refractivity contribution in [3.05, 3.63) is 151 Å². The maximum absolute atomic E-state index is 5.04. The molecule has 0 radical (unpaired) electrons. The first-order chi connectivity index (χ1) is 18.8. The van der Waals surface area contributed by atoms with Gasteiger partial charge in [-0.05, 0) is 48.5 Å². The lowest BCUT2D eigenvalue weighted by atomic mass is 10.1. The molecule has 1 aromatic heterocycles. The topological polar surface area (TPSA) is 28.7 Å². The number of rotatable bonds is 5. The predicted octanol–water partition coefficient (Wildman–Crippen LogP) is 8.96. The van der Waals surface area contributed by atoms with E-state index < -0.39 is 0 Å². The number of imidazole rings is 1. The highest BCUT2D eigenvalue weighted by molar-refractivity contribution is 7.99. The lowest BCUT2D eigenvalue weighted by Gasteiger charge is -2.05. The first kappa shape index (κ1) is 23.6. The molecule has 0 spiro atoms. The van der Waals surface area contributed by atoms with Gasteiger partial charge in [0, 0.05) is 37.6 Å². The Morgan fingerprint density at radius 3 is 1.66 bits per heavy atom. The van der Waals surface area contributed by atoms with Crippen LogP contribution in [0.15, 0.2) is 149 Å². The van der Waals surface area contributed by atoms with Crippen LogP contribution in [0.2, 0.25) is 0 Å². The molecular formula is C35H24N2S. The molecule has 0 aliphatic heterocycles. The van der Waals surface area contributed by atoms with Crippen LogP contribution >= 0.6 is 11.8 Å². The van der Waals surface area contributed by atoms with Gasteiger partial charge in [0.1, 0.15) is 5.82 Å². The smallest absolute Gasteiger partial charge is 0.138 e. The van der Waals surface area contributed by atoms with Crippen molar-refractivity contribution in [2.24, 2.45) is 0 Å². The van der Waals surface area contributed by atoms with E-state index in [1.54, 1.807) is 11.8 Å². The molecule has 0 bridgehead atoms. The highest BCUT2D eigenvalue weighted by Crippen LogP contribution is 2.35. The average molecular weight is 505 g/mol. The summed E-state index contributed by atoms with van der Waals surface area (Å²) in [5.41, 5.74) is 7.14. The summed E-state index contributed by atoms with van der Waals surface area (Å²) >= 11 is 1.76. The van der Waals surface area contributed by atoms with Crippen LogP contribution in [-0.4, -0.2) is 9.97 Å². The van der Waals surface area contributed by atoms with Gasteiger partial charge in [-0.25, -0.2) is 4.98 Å². The molecule has 0 aliphatic rings. The Morgan fingerprint density at radius 2 is 1.00 bits per heavy atom. The Bertz CT molecular complexity index is 1690. The van der Waals surface area contributed by atoms with Crippen molar-refractivity contribution in [1.82, 2.24) is 9.97 Å². The minimum Gasteiger partial charge on any atom is -0.337 e. The number of nitrogens with one attached hydrogen (secondary N) is 1. The van der Waals surface area contributed by atoms with Crippen LogP contribution < -0.4 is 0 Å². The Hall–Kier alpha value is -4.78. The molecule has 6 rings (SSSR count). The molecule has 0 unspecified atom stereocenters. The number of H-pyrrole nitrogens is 1. The van der Waals surface area contributed by atoms with E-state index in [4.69, 9.17) is 4.98 Å². The molecule has 5 aromatic carbocycles. The average Bonchev–Trinajstić information content (AvgIpc) is 3.44. The fourth-order valence-electron chi connectivity index (χ4n) is 4.22. The first-order valence-electron chi connectivity index (χ1n) is 12.5. The quantitative estimate of drug-likeness (QED) is 0.237. The van der Waals surface area contributed by atoms with Gasteiger partial charge in [0.05, 0.1) is 11.4 Å². The molecule has 2 nitrogen and oxygen atoms in total. The van der Waals surface area contributed by atoms with E-state index in [-0.39, 0.29) is 0 Å². The van der Waals surface area contributed by atoms with Crippen molar-refractivity contribution in [2.75, 3.05) is 0 Å². The maximum Gasteiger partial charge on any atom is 0.138 e. The largest absolute Gasteiger partial charge is 0.337 e. The van der Waals surface area contributed by atoms with Gasteiger partial charge >= 0.3 is 0 Å². The molecule has 180 valence electrons. The third-order valence-corrected chi connectivity index (χ3v) is 7.17. The number of aromatic amines is 1. The monoisotopic (exact) mass is 504 g/mol.